The minimum atomic E-state index is -2.95. The SMILES string of the molecule is CCNc1cc(C(=O)N[C@@H](Cc2ccccc2)[C@@H](O)CNCCc2ccc(Cl)c(Cl)c2)cc(N2CCCCS2(O)O)c1.Cl. The monoisotopic (exact) mass is 670 g/mol. The first kappa shape index (κ1) is 35.3. The van der Waals surface area contributed by atoms with E-state index in [1.807, 2.05) is 55.5 Å². The molecule has 0 aromatic heterocycles. The van der Waals surface area contributed by atoms with Crippen molar-refractivity contribution in [2.45, 2.75) is 44.8 Å². The smallest absolute Gasteiger partial charge is 0.251 e. The van der Waals surface area contributed by atoms with E-state index in [-0.39, 0.29) is 24.9 Å². The van der Waals surface area contributed by atoms with Crippen LogP contribution in [0.25, 0.3) is 0 Å². The van der Waals surface area contributed by atoms with Crippen LogP contribution in [0.3, 0.4) is 0 Å². The maximum atomic E-state index is 13.6. The molecule has 1 saturated heterocycles. The minimum absolute atomic E-state index is 0. The van der Waals surface area contributed by atoms with Gasteiger partial charge in [-0.15, -0.1) is 23.2 Å². The second-order valence-electron chi connectivity index (χ2n) is 10.5. The number of carbonyl (C=O) groups excluding carboxylic acids is 1. The topological polar surface area (TPSA) is 117 Å². The summed E-state index contributed by atoms with van der Waals surface area (Å²) in [6.07, 6.45) is 1.86. The number of nitrogens with zero attached hydrogens (tertiary/aromatic N) is 1. The molecule has 1 amide bonds. The van der Waals surface area contributed by atoms with Crippen LogP contribution >= 0.6 is 46.4 Å². The van der Waals surface area contributed by atoms with Gasteiger partial charge in [-0.1, -0.05) is 59.6 Å². The zero-order valence-corrected chi connectivity index (χ0v) is 27.3. The van der Waals surface area contributed by atoms with Crippen molar-refractivity contribution in [1.29, 1.82) is 0 Å². The molecule has 0 aliphatic carbocycles. The van der Waals surface area contributed by atoms with Crippen molar-refractivity contribution < 1.29 is 19.0 Å². The molecule has 2 atom stereocenters. The van der Waals surface area contributed by atoms with Gasteiger partial charge in [0.2, 0.25) is 0 Å². The second-order valence-corrected chi connectivity index (χ2v) is 13.4. The minimum Gasteiger partial charge on any atom is -0.390 e. The number of anilines is 2. The normalized spacial score (nSPS) is 16.5. The number of carbonyl (C=O) groups is 1. The highest BCUT2D eigenvalue weighted by molar-refractivity contribution is 8.25. The Labute approximate surface area is 272 Å². The van der Waals surface area contributed by atoms with Crippen LogP contribution in [-0.2, 0) is 12.8 Å². The molecular formula is C31H41Cl3N4O4S. The van der Waals surface area contributed by atoms with Crippen LogP contribution in [0.4, 0.5) is 11.4 Å². The molecule has 0 radical (unpaired) electrons. The lowest BCUT2D eigenvalue weighted by Crippen LogP contribution is -2.49. The van der Waals surface area contributed by atoms with Gasteiger partial charge < -0.3 is 21.1 Å². The summed E-state index contributed by atoms with van der Waals surface area (Å²) in [6.45, 7) is 3.99. The molecule has 4 rings (SSSR count). The van der Waals surface area contributed by atoms with Gasteiger partial charge in [-0.2, -0.15) is 0 Å². The van der Waals surface area contributed by atoms with Crippen LogP contribution in [0.15, 0.2) is 66.7 Å². The van der Waals surface area contributed by atoms with E-state index in [9.17, 15) is 19.0 Å². The van der Waals surface area contributed by atoms with Crippen molar-refractivity contribution in [2.75, 3.05) is 41.6 Å². The average Bonchev–Trinajstić information content (AvgIpc) is 2.97. The van der Waals surface area contributed by atoms with Crippen molar-refractivity contribution in [1.82, 2.24) is 10.6 Å². The van der Waals surface area contributed by atoms with E-state index in [1.54, 1.807) is 22.5 Å². The number of benzene rings is 3. The molecule has 8 nitrogen and oxygen atoms in total. The van der Waals surface area contributed by atoms with Gasteiger partial charge in [-0.05, 0) is 80.6 Å². The average molecular weight is 672 g/mol. The summed E-state index contributed by atoms with van der Waals surface area (Å²) in [7, 11) is -2.95. The summed E-state index contributed by atoms with van der Waals surface area (Å²) in [5.41, 5.74) is 3.69. The number of rotatable bonds is 13. The number of hydrogen-bond acceptors (Lipinski definition) is 7. The van der Waals surface area contributed by atoms with Crippen LogP contribution in [0.5, 0.6) is 0 Å². The molecule has 6 N–H and O–H groups in total. The Morgan fingerprint density at radius 2 is 1.77 bits per heavy atom. The first-order chi connectivity index (χ1) is 20.2. The Balaban J connectivity index is 0.00000506. The number of nitrogens with one attached hydrogen (secondary N) is 3. The largest absolute Gasteiger partial charge is 0.390 e. The Morgan fingerprint density at radius 1 is 1.00 bits per heavy atom. The fraction of sp³-hybridized carbons (Fsp3) is 0.387. The molecule has 0 spiro atoms. The third-order valence-electron chi connectivity index (χ3n) is 7.24. The van der Waals surface area contributed by atoms with E-state index in [4.69, 9.17) is 23.2 Å². The van der Waals surface area contributed by atoms with Gasteiger partial charge in [0.1, 0.15) is 0 Å². The fourth-order valence-electron chi connectivity index (χ4n) is 5.02. The van der Waals surface area contributed by atoms with E-state index >= 15 is 0 Å². The number of aliphatic hydroxyl groups excluding tert-OH is 1. The van der Waals surface area contributed by atoms with Crippen LogP contribution in [0.1, 0.15) is 41.3 Å². The van der Waals surface area contributed by atoms with E-state index in [1.165, 1.54) is 0 Å². The number of halogens is 3. The lowest BCUT2D eigenvalue weighted by atomic mass is 10.00. The van der Waals surface area contributed by atoms with Crippen molar-refractivity contribution in [3.8, 4) is 0 Å². The number of hydrogen-bond donors (Lipinski definition) is 6. The molecule has 0 unspecified atom stereocenters. The van der Waals surface area contributed by atoms with Crippen molar-refractivity contribution in [3.05, 3.63) is 93.5 Å². The van der Waals surface area contributed by atoms with Crippen molar-refractivity contribution >= 4 is 63.7 Å². The fourth-order valence-corrected chi connectivity index (χ4v) is 7.02. The zero-order valence-electron chi connectivity index (χ0n) is 24.1. The Morgan fingerprint density at radius 3 is 2.47 bits per heavy atom. The lowest BCUT2D eigenvalue weighted by molar-refractivity contribution is 0.0831. The van der Waals surface area contributed by atoms with Crippen LogP contribution < -0.4 is 20.3 Å². The van der Waals surface area contributed by atoms with E-state index in [0.29, 0.717) is 65.2 Å². The molecule has 236 valence electrons. The van der Waals surface area contributed by atoms with Gasteiger partial charge >= 0.3 is 0 Å². The van der Waals surface area contributed by atoms with Crippen molar-refractivity contribution in [3.63, 3.8) is 0 Å². The summed E-state index contributed by atoms with van der Waals surface area (Å²) < 4.78 is 23.0. The highest BCUT2D eigenvalue weighted by Crippen LogP contribution is 2.50. The Hall–Kier alpha value is -2.21. The van der Waals surface area contributed by atoms with Gasteiger partial charge in [0.25, 0.3) is 5.91 Å². The lowest BCUT2D eigenvalue weighted by Gasteiger charge is -2.47. The Bertz CT molecular complexity index is 1340. The molecule has 1 fully saturated rings. The predicted octanol–water partition coefficient (Wildman–Crippen LogP) is 6.65. The first-order valence-electron chi connectivity index (χ1n) is 14.3. The third kappa shape index (κ3) is 10.2. The highest BCUT2D eigenvalue weighted by atomic mass is 35.5. The number of aliphatic hydroxyl groups is 1. The third-order valence-corrected chi connectivity index (χ3v) is 9.91. The van der Waals surface area contributed by atoms with Crippen LogP contribution in [-0.4, -0.2) is 64.2 Å². The summed E-state index contributed by atoms with van der Waals surface area (Å²) in [5, 5.41) is 21.8. The predicted molar refractivity (Wildman–Crippen MR) is 183 cm³/mol. The van der Waals surface area contributed by atoms with Crippen LogP contribution in [0.2, 0.25) is 10.0 Å². The summed E-state index contributed by atoms with van der Waals surface area (Å²) in [6, 6.07) is 20.0. The zero-order chi connectivity index (χ0) is 30.1. The molecule has 3 aromatic carbocycles. The quantitative estimate of drug-likeness (QED) is 0.113. The van der Waals surface area contributed by atoms with Crippen molar-refractivity contribution in [2.24, 2.45) is 0 Å². The van der Waals surface area contributed by atoms with Gasteiger partial charge in [0.15, 0.2) is 0 Å². The second kappa shape index (κ2) is 16.7. The molecule has 1 aliphatic heterocycles. The van der Waals surface area contributed by atoms with E-state index in [2.05, 4.69) is 16.0 Å². The molecule has 12 heteroatoms. The molecule has 1 heterocycles. The molecule has 0 saturated carbocycles. The maximum Gasteiger partial charge on any atom is 0.251 e. The first-order valence-corrected chi connectivity index (χ1v) is 16.7. The Kier molecular flexibility index (Phi) is 13.7. The standard InChI is InChI=1S/C31H40Cl2N4O4S.ClH/c1-2-35-25-18-24(19-26(20-25)37-14-6-7-15-42(37,40)41)31(39)36-29(17-22-8-4-3-5-9-22)30(38)21-34-13-12-23-10-11-27(32)28(33)16-23;/h3-5,8-11,16,18-20,29-30,34-35,38,40-41H,2,6-7,12-15,17,21H2,1H3,(H,36,39);1H/t29-,30-;/m0./s1. The van der Waals surface area contributed by atoms with E-state index in [0.717, 1.165) is 24.0 Å². The van der Waals surface area contributed by atoms with E-state index < -0.39 is 22.9 Å². The summed E-state index contributed by atoms with van der Waals surface area (Å²) >= 11 is 12.1. The van der Waals surface area contributed by atoms with Crippen LogP contribution in [0, 0.1) is 0 Å². The maximum absolute atomic E-state index is 13.6. The van der Waals surface area contributed by atoms with Gasteiger partial charge in [-0.3, -0.25) is 18.2 Å². The van der Waals surface area contributed by atoms with Gasteiger partial charge in [0, 0.05) is 30.9 Å². The highest BCUT2D eigenvalue weighted by Gasteiger charge is 2.28. The molecule has 1 aliphatic rings. The summed E-state index contributed by atoms with van der Waals surface area (Å²) in [5.74, 6) is -0.0381. The number of amides is 1. The van der Waals surface area contributed by atoms with Gasteiger partial charge in [0.05, 0.1) is 33.6 Å². The molecule has 0 bridgehead atoms. The molecule has 3 aromatic rings. The molecule has 43 heavy (non-hydrogen) atoms. The molecular weight excluding hydrogens is 631 g/mol. The summed E-state index contributed by atoms with van der Waals surface area (Å²) in [4.78, 5) is 13.6. The van der Waals surface area contributed by atoms with Gasteiger partial charge in [-0.25, -0.2) is 0 Å².